The van der Waals surface area contributed by atoms with Gasteiger partial charge in [-0.05, 0) is 86.6 Å². The number of nitrogens with zero attached hydrogens (tertiary/aromatic N) is 3. The summed E-state index contributed by atoms with van der Waals surface area (Å²) in [7, 11) is 0. The lowest BCUT2D eigenvalue weighted by molar-refractivity contribution is 0.565. The molecule has 0 fully saturated rings. The Labute approximate surface area is 273 Å². The van der Waals surface area contributed by atoms with Crippen molar-refractivity contribution in [3.05, 3.63) is 132 Å². The average molecular weight is 608 g/mol. The standard InChI is InChI=1S/C43H33N3O/c44-26-27-20-22-40-36(24-27)37-25-29(21-23-41(37)47-40)46-39-19-7-5-13-31(39)33-15-9-17-35(43(33)46)34-16-8-14-32-30-12-4-6-18-38(30)45(42(32)34)28-10-2-1-3-11-28/h1-2,4-5,8-10,12-17,20-25,31,39H,3,6-7,11,18-19H2. The fourth-order valence-electron chi connectivity index (χ4n) is 8.78. The van der Waals surface area contributed by atoms with E-state index in [0.29, 0.717) is 17.5 Å². The summed E-state index contributed by atoms with van der Waals surface area (Å²) in [6.45, 7) is 0. The van der Waals surface area contributed by atoms with Crippen LogP contribution in [0.3, 0.4) is 0 Å². The monoisotopic (exact) mass is 607 g/mol. The summed E-state index contributed by atoms with van der Waals surface area (Å²) in [6.07, 6.45) is 22.7. The summed E-state index contributed by atoms with van der Waals surface area (Å²) < 4.78 is 8.85. The molecule has 6 aromatic rings. The summed E-state index contributed by atoms with van der Waals surface area (Å²) in [5, 5.41) is 13.0. The number of rotatable bonds is 3. The number of benzene rings is 4. The molecule has 1 aliphatic heterocycles. The molecule has 3 heterocycles. The molecule has 4 heteroatoms. The molecule has 4 nitrogen and oxygen atoms in total. The van der Waals surface area contributed by atoms with E-state index in [1.165, 1.54) is 55.9 Å². The lowest BCUT2D eigenvalue weighted by Crippen LogP contribution is -2.31. The minimum Gasteiger partial charge on any atom is -0.456 e. The van der Waals surface area contributed by atoms with Crippen molar-refractivity contribution in [1.82, 2.24) is 4.57 Å². The number of allylic oxidation sites excluding steroid dienone is 6. The van der Waals surface area contributed by atoms with Crippen molar-refractivity contribution in [3.8, 4) is 17.2 Å². The van der Waals surface area contributed by atoms with Crippen molar-refractivity contribution in [2.45, 2.75) is 50.5 Å². The van der Waals surface area contributed by atoms with Crippen molar-refractivity contribution in [2.75, 3.05) is 4.90 Å². The Hall–Kier alpha value is -5.53. The minimum atomic E-state index is 0.328. The Morgan fingerprint density at radius 2 is 1.64 bits per heavy atom. The number of para-hydroxylation sites is 2. The number of furan rings is 1. The van der Waals surface area contributed by atoms with Crippen LogP contribution >= 0.6 is 0 Å². The second-order valence-electron chi connectivity index (χ2n) is 13.3. The van der Waals surface area contributed by atoms with Crippen LogP contribution in [0.25, 0.3) is 55.7 Å². The van der Waals surface area contributed by atoms with Gasteiger partial charge in [-0.25, -0.2) is 0 Å². The Balaban J connectivity index is 1.24. The summed E-state index contributed by atoms with van der Waals surface area (Å²) in [5.41, 5.74) is 14.3. The predicted octanol–water partition coefficient (Wildman–Crippen LogP) is 11.2. The molecule has 0 N–H and O–H groups in total. The van der Waals surface area contributed by atoms with Crippen molar-refractivity contribution >= 4 is 56.0 Å². The van der Waals surface area contributed by atoms with E-state index in [4.69, 9.17) is 4.42 Å². The molecule has 0 amide bonds. The molecule has 47 heavy (non-hydrogen) atoms. The van der Waals surface area contributed by atoms with Gasteiger partial charge in [-0.2, -0.15) is 5.26 Å². The van der Waals surface area contributed by atoms with Gasteiger partial charge in [0.2, 0.25) is 0 Å². The van der Waals surface area contributed by atoms with E-state index in [0.717, 1.165) is 60.5 Å². The largest absolute Gasteiger partial charge is 0.456 e. The van der Waals surface area contributed by atoms with Gasteiger partial charge >= 0.3 is 0 Å². The summed E-state index contributed by atoms with van der Waals surface area (Å²) in [6, 6.07) is 28.8. The first-order valence-electron chi connectivity index (χ1n) is 16.9. The molecule has 10 rings (SSSR count). The van der Waals surface area contributed by atoms with Gasteiger partial charge in [0.25, 0.3) is 0 Å². The first kappa shape index (κ1) is 26.7. The average Bonchev–Trinajstić information content (AvgIpc) is 3.79. The Morgan fingerprint density at radius 3 is 2.53 bits per heavy atom. The highest BCUT2D eigenvalue weighted by Gasteiger charge is 2.41. The number of aromatic nitrogens is 1. The second kappa shape index (κ2) is 10.2. The highest BCUT2D eigenvalue weighted by atomic mass is 16.3. The highest BCUT2D eigenvalue weighted by Crippen LogP contribution is 2.54. The topological polar surface area (TPSA) is 45.1 Å². The maximum Gasteiger partial charge on any atom is 0.135 e. The fourth-order valence-corrected chi connectivity index (χ4v) is 8.78. The molecule has 4 aliphatic rings. The lowest BCUT2D eigenvalue weighted by Gasteiger charge is -2.32. The normalized spacial score (nSPS) is 19.6. The van der Waals surface area contributed by atoms with Crippen LogP contribution in [0.1, 0.15) is 60.4 Å². The fraction of sp³-hybridized carbons (Fsp3) is 0.186. The molecule has 2 aromatic heterocycles. The van der Waals surface area contributed by atoms with Gasteiger partial charge in [0.1, 0.15) is 11.2 Å². The van der Waals surface area contributed by atoms with Crippen LogP contribution in [-0.2, 0) is 6.42 Å². The predicted molar refractivity (Wildman–Crippen MR) is 193 cm³/mol. The van der Waals surface area contributed by atoms with E-state index >= 15 is 0 Å². The van der Waals surface area contributed by atoms with Crippen molar-refractivity contribution in [3.63, 3.8) is 0 Å². The molecule has 226 valence electrons. The lowest BCUT2D eigenvalue weighted by atomic mass is 9.87. The van der Waals surface area contributed by atoms with Crippen molar-refractivity contribution in [1.29, 1.82) is 5.26 Å². The number of anilines is 2. The zero-order valence-corrected chi connectivity index (χ0v) is 26.1. The van der Waals surface area contributed by atoms with Crippen LogP contribution in [-0.4, -0.2) is 10.6 Å². The van der Waals surface area contributed by atoms with E-state index in [9.17, 15) is 5.26 Å². The van der Waals surface area contributed by atoms with Crippen molar-refractivity contribution in [2.24, 2.45) is 0 Å². The van der Waals surface area contributed by atoms with Gasteiger partial charge in [-0.15, -0.1) is 0 Å². The Kier molecular flexibility index (Phi) is 5.81. The molecular weight excluding hydrogens is 574 g/mol. The number of hydrogen-bond acceptors (Lipinski definition) is 3. The Morgan fingerprint density at radius 1 is 0.787 bits per heavy atom. The maximum atomic E-state index is 9.64. The van der Waals surface area contributed by atoms with Crippen LogP contribution in [0.5, 0.6) is 0 Å². The van der Waals surface area contributed by atoms with Gasteiger partial charge in [-0.3, -0.25) is 0 Å². The van der Waals surface area contributed by atoms with Gasteiger partial charge in [0.05, 0.1) is 22.8 Å². The molecule has 3 aliphatic carbocycles. The molecule has 0 saturated heterocycles. The molecule has 0 radical (unpaired) electrons. The van der Waals surface area contributed by atoms with E-state index < -0.39 is 0 Å². The molecule has 4 aromatic carbocycles. The van der Waals surface area contributed by atoms with Gasteiger partial charge < -0.3 is 13.9 Å². The number of fused-ring (bicyclic) bond motifs is 9. The van der Waals surface area contributed by atoms with Crippen LogP contribution in [0.15, 0.2) is 114 Å². The minimum absolute atomic E-state index is 0.328. The molecule has 0 spiro atoms. The maximum absolute atomic E-state index is 9.64. The quantitative estimate of drug-likeness (QED) is 0.188. The van der Waals surface area contributed by atoms with Gasteiger partial charge in [0.15, 0.2) is 0 Å². The van der Waals surface area contributed by atoms with Gasteiger partial charge in [-0.1, -0.05) is 72.9 Å². The van der Waals surface area contributed by atoms with E-state index in [1.807, 2.05) is 18.2 Å². The third kappa shape index (κ3) is 3.87. The summed E-state index contributed by atoms with van der Waals surface area (Å²) >= 11 is 0. The van der Waals surface area contributed by atoms with E-state index in [-0.39, 0.29) is 0 Å². The SMILES string of the molecule is N#Cc1ccc2oc3ccc(N4c5c(-c6cccc7c8c(n(C9=CC=CCC9)c67)CCC=C8)cccc5C5C=CCCC54)cc3c2c1. The molecule has 0 saturated carbocycles. The summed E-state index contributed by atoms with van der Waals surface area (Å²) in [5.74, 6) is 0.328. The van der Waals surface area contributed by atoms with E-state index in [1.54, 1.807) is 0 Å². The van der Waals surface area contributed by atoms with Crippen LogP contribution in [0, 0.1) is 11.3 Å². The zero-order chi connectivity index (χ0) is 31.1. The third-order valence-electron chi connectivity index (χ3n) is 10.8. The second-order valence-corrected chi connectivity index (χ2v) is 13.3. The highest BCUT2D eigenvalue weighted by molar-refractivity contribution is 6.08. The first-order chi connectivity index (χ1) is 23.3. The van der Waals surface area contributed by atoms with Crippen LogP contribution < -0.4 is 4.90 Å². The molecule has 0 bridgehead atoms. The van der Waals surface area contributed by atoms with E-state index in [2.05, 4.69) is 113 Å². The van der Waals surface area contributed by atoms with Crippen molar-refractivity contribution < 1.29 is 4.42 Å². The number of hydrogen-bond donors (Lipinski definition) is 0. The smallest absolute Gasteiger partial charge is 0.135 e. The van der Waals surface area contributed by atoms with Crippen LogP contribution in [0.2, 0.25) is 0 Å². The molecule has 2 atom stereocenters. The molecular formula is C43H33N3O. The number of nitriles is 1. The third-order valence-corrected chi connectivity index (χ3v) is 10.8. The zero-order valence-electron chi connectivity index (χ0n) is 26.1. The first-order valence-corrected chi connectivity index (χ1v) is 16.9. The summed E-state index contributed by atoms with van der Waals surface area (Å²) in [4.78, 5) is 2.62. The Bertz CT molecular complexity index is 2460. The molecule has 2 unspecified atom stereocenters. The van der Waals surface area contributed by atoms with Crippen LogP contribution in [0.4, 0.5) is 11.4 Å². The van der Waals surface area contributed by atoms with Gasteiger partial charge in [0, 0.05) is 61.9 Å².